The van der Waals surface area contributed by atoms with Crippen molar-refractivity contribution in [3.05, 3.63) is 54.0 Å². The van der Waals surface area contributed by atoms with Crippen LogP contribution >= 0.6 is 0 Å². The maximum absolute atomic E-state index is 5.43. The number of fused-ring (bicyclic) bond motifs is 1. The van der Waals surface area contributed by atoms with Crippen LogP contribution in [0.3, 0.4) is 0 Å². The molecule has 0 bridgehead atoms. The Morgan fingerprint density at radius 2 is 2.08 bits per heavy atom. The predicted molar refractivity (Wildman–Crippen MR) is 94.7 cm³/mol. The van der Waals surface area contributed by atoms with Crippen LogP contribution in [-0.2, 0) is 13.0 Å². The highest BCUT2D eigenvalue weighted by molar-refractivity contribution is 5.47. The topological polar surface area (TPSA) is 82.3 Å². The largest absolute Gasteiger partial charge is 0.454 e. The summed E-state index contributed by atoms with van der Waals surface area (Å²) in [6, 6.07) is 11.7. The van der Waals surface area contributed by atoms with Crippen molar-refractivity contribution >= 4 is 0 Å². The molecule has 134 valence electrons. The van der Waals surface area contributed by atoms with Gasteiger partial charge in [-0.3, -0.25) is 4.98 Å². The Morgan fingerprint density at radius 3 is 2.96 bits per heavy atom. The van der Waals surface area contributed by atoms with Crippen molar-refractivity contribution in [2.24, 2.45) is 5.92 Å². The molecular formula is C19H20N4O3. The molecule has 1 aliphatic rings. The zero-order valence-electron chi connectivity index (χ0n) is 14.5. The standard InChI is InChI=1S/C19H20N4O3/c1-13(8-14-5-6-16-17(9-14)25-12-24-16)10-20-11-18-22-19(23-26-18)15-4-2-3-7-21-15/h2-7,9,13,20H,8,10-12H2,1H3. The quantitative estimate of drug-likeness (QED) is 0.700. The second-order valence-electron chi connectivity index (χ2n) is 6.35. The van der Waals surface area contributed by atoms with Crippen LogP contribution in [0.5, 0.6) is 11.5 Å². The average molecular weight is 352 g/mol. The van der Waals surface area contributed by atoms with Gasteiger partial charge in [-0.05, 0) is 48.7 Å². The van der Waals surface area contributed by atoms with Gasteiger partial charge in [0.15, 0.2) is 11.5 Å². The van der Waals surface area contributed by atoms with Crippen LogP contribution in [0.4, 0.5) is 0 Å². The van der Waals surface area contributed by atoms with Crippen LogP contribution in [0.15, 0.2) is 47.1 Å². The molecule has 0 fully saturated rings. The van der Waals surface area contributed by atoms with E-state index in [1.807, 2.05) is 24.3 Å². The monoisotopic (exact) mass is 352 g/mol. The average Bonchev–Trinajstić information content (AvgIpc) is 3.31. The molecule has 1 N–H and O–H groups in total. The predicted octanol–water partition coefficient (Wildman–Crippen LogP) is 2.83. The summed E-state index contributed by atoms with van der Waals surface area (Å²) < 4.78 is 16.0. The van der Waals surface area contributed by atoms with Crippen molar-refractivity contribution < 1.29 is 14.0 Å². The molecular weight excluding hydrogens is 332 g/mol. The number of aromatic nitrogens is 3. The van der Waals surface area contributed by atoms with Gasteiger partial charge in [0.25, 0.3) is 0 Å². The normalized spacial score (nSPS) is 13.7. The van der Waals surface area contributed by atoms with Crippen molar-refractivity contribution in [1.82, 2.24) is 20.4 Å². The van der Waals surface area contributed by atoms with Crippen LogP contribution in [0.1, 0.15) is 18.4 Å². The summed E-state index contributed by atoms with van der Waals surface area (Å²) in [6.45, 7) is 3.88. The highest BCUT2D eigenvalue weighted by Gasteiger charge is 2.14. The number of nitrogens with zero attached hydrogens (tertiary/aromatic N) is 3. The van der Waals surface area contributed by atoms with E-state index in [-0.39, 0.29) is 0 Å². The smallest absolute Gasteiger partial charge is 0.240 e. The highest BCUT2D eigenvalue weighted by Crippen LogP contribution is 2.33. The van der Waals surface area contributed by atoms with Gasteiger partial charge in [-0.15, -0.1) is 0 Å². The molecule has 0 aliphatic carbocycles. The summed E-state index contributed by atoms with van der Waals surface area (Å²) in [5.41, 5.74) is 1.94. The van der Waals surface area contributed by atoms with E-state index in [1.54, 1.807) is 6.20 Å². The highest BCUT2D eigenvalue weighted by atomic mass is 16.7. The number of rotatable bonds is 7. The van der Waals surface area contributed by atoms with Crippen molar-refractivity contribution in [2.45, 2.75) is 19.9 Å². The van der Waals surface area contributed by atoms with Gasteiger partial charge < -0.3 is 19.3 Å². The lowest BCUT2D eigenvalue weighted by Crippen LogP contribution is -2.22. The molecule has 2 aromatic heterocycles. The van der Waals surface area contributed by atoms with E-state index in [0.717, 1.165) is 24.5 Å². The number of hydrogen-bond acceptors (Lipinski definition) is 7. The second-order valence-corrected chi connectivity index (χ2v) is 6.35. The van der Waals surface area contributed by atoms with Crippen LogP contribution in [0.2, 0.25) is 0 Å². The van der Waals surface area contributed by atoms with Crippen LogP contribution < -0.4 is 14.8 Å². The summed E-state index contributed by atoms with van der Waals surface area (Å²) >= 11 is 0. The van der Waals surface area contributed by atoms with Gasteiger partial charge in [-0.2, -0.15) is 4.98 Å². The number of pyridine rings is 1. The summed E-state index contributed by atoms with van der Waals surface area (Å²) in [7, 11) is 0. The van der Waals surface area contributed by atoms with Gasteiger partial charge in [0.1, 0.15) is 5.69 Å². The lowest BCUT2D eigenvalue weighted by molar-refractivity contribution is 0.174. The minimum atomic E-state index is 0.306. The number of nitrogens with one attached hydrogen (secondary N) is 1. The first-order valence-electron chi connectivity index (χ1n) is 8.61. The maximum atomic E-state index is 5.43. The molecule has 0 saturated carbocycles. The van der Waals surface area contributed by atoms with Crippen LogP contribution in [0, 0.1) is 5.92 Å². The zero-order valence-corrected chi connectivity index (χ0v) is 14.5. The first kappa shape index (κ1) is 16.5. The Kier molecular flexibility index (Phi) is 4.79. The molecule has 7 nitrogen and oxygen atoms in total. The first-order chi connectivity index (χ1) is 12.8. The molecule has 3 aromatic rings. The van der Waals surface area contributed by atoms with E-state index in [0.29, 0.717) is 36.7 Å². The van der Waals surface area contributed by atoms with Gasteiger partial charge in [0.05, 0.1) is 6.54 Å². The molecule has 0 saturated heterocycles. The minimum absolute atomic E-state index is 0.306. The Morgan fingerprint density at radius 1 is 1.15 bits per heavy atom. The minimum Gasteiger partial charge on any atom is -0.454 e. The summed E-state index contributed by atoms with van der Waals surface area (Å²) in [5.74, 6) is 3.17. The molecule has 3 heterocycles. The summed E-state index contributed by atoms with van der Waals surface area (Å²) in [6.07, 6.45) is 2.66. The Hall–Kier alpha value is -2.93. The SMILES string of the molecule is CC(CNCc1nc(-c2ccccn2)no1)Cc1ccc2c(c1)OCO2. The number of benzene rings is 1. The van der Waals surface area contributed by atoms with Gasteiger partial charge >= 0.3 is 0 Å². The lowest BCUT2D eigenvalue weighted by atomic mass is 10.0. The molecule has 1 aromatic carbocycles. The maximum Gasteiger partial charge on any atom is 0.240 e. The van der Waals surface area contributed by atoms with Gasteiger partial charge in [0.2, 0.25) is 18.5 Å². The second kappa shape index (κ2) is 7.53. The van der Waals surface area contributed by atoms with Crippen molar-refractivity contribution in [2.75, 3.05) is 13.3 Å². The molecule has 26 heavy (non-hydrogen) atoms. The van der Waals surface area contributed by atoms with Gasteiger partial charge in [-0.25, -0.2) is 0 Å². The summed E-state index contributed by atoms with van der Waals surface area (Å²) in [4.78, 5) is 8.59. The molecule has 1 unspecified atom stereocenters. The van der Waals surface area contributed by atoms with Crippen LogP contribution in [-0.4, -0.2) is 28.5 Å². The Labute approximate surface area is 151 Å². The molecule has 7 heteroatoms. The third-order valence-electron chi connectivity index (χ3n) is 4.15. The van der Waals surface area contributed by atoms with E-state index < -0.39 is 0 Å². The molecule has 0 amide bonds. The van der Waals surface area contributed by atoms with E-state index in [2.05, 4.69) is 39.5 Å². The van der Waals surface area contributed by atoms with Gasteiger partial charge in [0, 0.05) is 6.20 Å². The van der Waals surface area contributed by atoms with E-state index in [1.165, 1.54) is 5.56 Å². The third kappa shape index (κ3) is 3.83. The molecule has 0 spiro atoms. The fourth-order valence-electron chi connectivity index (χ4n) is 2.89. The number of ether oxygens (including phenoxy) is 2. The van der Waals surface area contributed by atoms with Crippen molar-refractivity contribution in [1.29, 1.82) is 0 Å². The van der Waals surface area contributed by atoms with Crippen molar-refractivity contribution in [3.63, 3.8) is 0 Å². The molecule has 1 atom stereocenters. The number of hydrogen-bond donors (Lipinski definition) is 1. The third-order valence-corrected chi connectivity index (χ3v) is 4.15. The molecule has 0 radical (unpaired) electrons. The van der Waals surface area contributed by atoms with E-state index in [4.69, 9.17) is 14.0 Å². The van der Waals surface area contributed by atoms with Crippen LogP contribution in [0.25, 0.3) is 11.5 Å². The fourth-order valence-corrected chi connectivity index (χ4v) is 2.89. The van der Waals surface area contributed by atoms with Crippen molar-refractivity contribution in [3.8, 4) is 23.0 Å². The van der Waals surface area contributed by atoms with E-state index >= 15 is 0 Å². The Bertz CT molecular complexity index is 866. The van der Waals surface area contributed by atoms with E-state index in [9.17, 15) is 0 Å². The lowest BCUT2D eigenvalue weighted by Gasteiger charge is -2.12. The fraction of sp³-hybridized carbons (Fsp3) is 0.316. The Balaban J connectivity index is 1.26. The molecule has 4 rings (SSSR count). The first-order valence-corrected chi connectivity index (χ1v) is 8.61. The van der Waals surface area contributed by atoms with Gasteiger partial charge in [-0.1, -0.05) is 24.2 Å². The summed E-state index contributed by atoms with van der Waals surface area (Å²) in [5, 5.41) is 7.34. The zero-order chi connectivity index (χ0) is 17.8. The molecule has 1 aliphatic heterocycles.